The second kappa shape index (κ2) is 7.94. The SMILES string of the molecule is C[C@@]1(c2cc(NC(=O)c3ncccc3-c3ccccc3)ccc2F)CCN=C(N)O1. The molecule has 6 nitrogen and oxygen atoms in total. The highest BCUT2D eigenvalue weighted by molar-refractivity contribution is 6.07. The molecular weight excluding hydrogens is 383 g/mol. The van der Waals surface area contributed by atoms with E-state index in [0.29, 0.717) is 29.8 Å². The fourth-order valence-corrected chi connectivity index (χ4v) is 3.52. The molecule has 1 amide bonds. The average Bonchev–Trinajstić information content (AvgIpc) is 2.75. The van der Waals surface area contributed by atoms with E-state index in [1.807, 2.05) is 36.4 Å². The summed E-state index contributed by atoms with van der Waals surface area (Å²) in [6.07, 6.45) is 2.04. The molecule has 0 radical (unpaired) electrons. The number of benzene rings is 2. The van der Waals surface area contributed by atoms with Crippen molar-refractivity contribution >= 4 is 17.6 Å². The number of hydrogen-bond acceptors (Lipinski definition) is 5. The fourth-order valence-electron chi connectivity index (χ4n) is 3.52. The largest absolute Gasteiger partial charge is 0.454 e. The smallest absolute Gasteiger partial charge is 0.282 e. The van der Waals surface area contributed by atoms with E-state index >= 15 is 0 Å². The predicted molar refractivity (Wildman–Crippen MR) is 114 cm³/mol. The van der Waals surface area contributed by atoms with Crippen LogP contribution in [0.1, 0.15) is 29.4 Å². The molecule has 0 spiro atoms. The number of pyridine rings is 1. The van der Waals surface area contributed by atoms with Gasteiger partial charge in [-0.3, -0.25) is 9.78 Å². The first kappa shape index (κ1) is 19.6. The van der Waals surface area contributed by atoms with Crippen molar-refractivity contribution in [2.75, 3.05) is 11.9 Å². The van der Waals surface area contributed by atoms with Crippen molar-refractivity contribution in [1.82, 2.24) is 4.98 Å². The Kier molecular flexibility index (Phi) is 5.18. The van der Waals surface area contributed by atoms with Gasteiger partial charge in [0.1, 0.15) is 17.1 Å². The number of carbonyl (C=O) groups is 1. The van der Waals surface area contributed by atoms with Gasteiger partial charge in [-0.2, -0.15) is 0 Å². The summed E-state index contributed by atoms with van der Waals surface area (Å²) >= 11 is 0. The highest BCUT2D eigenvalue weighted by atomic mass is 19.1. The van der Waals surface area contributed by atoms with Crippen LogP contribution in [0.15, 0.2) is 71.9 Å². The average molecular weight is 404 g/mol. The lowest BCUT2D eigenvalue weighted by molar-refractivity contribution is 0.0482. The number of aliphatic imine (C=N–C) groups is 1. The molecule has 3 aromatic rings. The number of rotatable bonds is 4. The van der Waals surface area contributed by atoms with Gasteiger partial charge in [-0.25, -0.2) is 9.38 Å². The van der Waals surface area contributed by atoms with Crippen molar-refractivity contribution in [3.8, 4) is 11.1 Å². The Labute approximate surface area is 173 Å². The molecule has 1 aromatic heterocycles. The van der Waals surface area contributed by atoms with Crippen LogP contribution in [0.4, 0.5) is 10.1 Å². The van der Waals surface area contributed by atoms with Gasteiger partial charge in [0, 0.05) is 36.0 Å². The third kappa shape index (κ3) is 3.87. The van der Waals surface area contributed by atoms with Gasteiger partial charge in [-0.15, -0.1) is 0 Å². The molecule has 0 fully saturated rings. The molecule has 3 N–H and O–H groups in total. The zero-order chi connectivity index (χ0) is 21.1. The summed E-state index contributed by atoms with van der Waals surface area (Å²) in [5.41, 5.74) is 7.35. The van der Waals surface area contributed by atoms with E-state index in [9.17, 15) is 9.18 Å². The first-order valence-electron chi connectivity index (χ1n) is 9.57. The second-order valence-electron chi connectivity index (χ2n) is 7.22. The van der Waals surface area contributed by atoms with Crippen LogP contribution in [0.2, 0.25) is 0 Å². The van der Waals surface area contributed by atoms with Crippen molar-refractivity contribution in [2.45, 2.75) is 18.9 Å². The monoisotopic (exact) mass is 404 g/mol. The standard InChI is InChI=1S/C23H21FN4O2/c1-23(11-13-27-22(25)30-23)18-14-16(9-10-19(18)24)28-21(29)20-17(8-5-12-26-20)15-6-3-2-4-7-15/h2-10,12,14H,11,13H2,1H3,(H2,25,27)(H,28,29)/t23-/m0/s1. The number of amidine groups is 1. The minimum Gasteiger partial charge on any atom is -0.454 e. The summed E-state index contributed by atoms with van der Waals surface area (Å²) in [6.45, 7) is 2.19. The topological polar surface area (TPSA) is 89.6 Å². The molecule has 1 aliphatic heterocycles. The Hall–Kier alpha value is -3.74. The third-order valence-electron chi connectivity index (χ3n) is 5.09. The number of nitrogens with two attached hydrogens (primary N) is 1. The van der Waals surface area contributed by atoms with Gasteiger partial charge in [-0.05, 0) is 36.8 Å². The molecular formula is C23H21FN4O2. The fraction of sp³-hybridized carbons (Fsp3) is 0.174. The number of amides is 1. The number of nitrogens with zero attached hydrogens (tertiary/aromatic N) is 2. The van der Waals surface area contributed by atoms with Crippen LogP contribution < -0.4 is 11.1 Å². The molecule has 152 valence electrons. The zero-order valence-corrected chi connectivity index (χ0v) is 16.4. The highest BCUT2D eigenvalue weighted by Gasteiger charge is 2.35. The number of ether oxygens (including phenoxy) is 1. The van der Waals surface area contributed by atoms with Gasteiger partial charge in [0.15, 0.2) is 0 Å². The van der Waals surface area contributed by atoms with Crippen LogP contribution in [0.5, 0.6) is 0 Å². The number of aromatic nitrogens is 1. The molecule has 1 aliphatic rings. The summed E-state index contributed by atoms with van der Waals surface area (Å²) in [6, 6.07) is 17.6. The molecule has 2 heterocycles. The summed E-state index contributed by atoms with van der Waals surface area (Å²) in [5.74, 6) is -0.823. The number of nitrogens with one attached hydrogen (secondary N) is 1. The Morgan fingerprint density at radius 2 is 1.97 bits per heavy atom. The van der Waals surface area contributed by atoms with Gasteiger partial charge in [0.05, 0.1) is 0 Å². The van der Waals surface area contributed by atoms with Crippen LogP contribution in [0, 0.1) is 5.82 Å². The molecule has 30 heavy (non-hydrogen) atoms. The van der Waals surface area contributed by atoms with Crippen LogP contribution in [0.25, 0.3) is 11.1 Å². The van der Waals surface area contributed by atoms with E-state index in [4.69, 9.17) is 10.5 Å². The van der Waals surface area contributed by atoms with Gasteiger partial charge < -0.3 is 15.8 Å². The highest BCUT2D eigenvalue weighted by Crippen LogP contribution is 2.35. The molecule has 0 saturated carbocycles. The van der Waals surface area contributed by atoms with Crippen LogP contribution in [0.3, 0.4) is 0 Å². The van der Waals surface area contributed by atoms with E-state index in [0.717, 1.165) is 5.56 Å². The maximum atomic E-state index is 14.6. The Morgan fingerprint density at radius 1 is 1.17 bits per heavy atom. The summed E-state index contributed by atoms with van der Waals surface area (Å²) < 4.78 is 20.2. The number of anilines is 1. The molecule has 0 unspecified atom stereocenters. The second-order valence-corrected chi connectivity index (χ2v) is 7.22. The van der Waals surface area contributed by atoms with E-state index in [-0.39, 0.29) is 17.6 Å². The first-order chi connectivity index (χ1) is 14.5. The maximum Gasteiger partial charge on any atom is 0.282 e. The van der Waals surface area contributed by atoms with E-state index < -0.39 is 11.4 Å². The third-order valence-corrected chi connectivity index (χ3v) is 5.09. The minimum atomic E-state index is -0.961. The molecule has 0 aliphatic carbocycles. The van der Waals surface area contributed by atoms with Crippen molar-refractivity contribution < 1.29 is 13.9 Å². The first-order valence-corrected chi connectivity index (χ1v) is 9.57. The van der Waals surface area contributed by atoms with Crippen molar-refractivity contribution in [1.29, 1.82) is 0 Å². The van der Waals surface area contributed by atoms with Gasteiger partial charge in [0.2, 0.25) is 0 Å². The summed E-state index contributed by atoms with van der Waals surface area (Å²) in [4.78, 5) is 21.2. The molecule has 0 bridgehead atoms. The Balaban J connectivity index is 1.64. The number of carbonyl (C=O) groups excluding carboxylic acids is 1. The number of halogens is 1. The van der Waals surface area contributed by atoms with Crippen molar-refractivity contribution in [3.63, 3.8) is 0 Å². The lowest BCUT2D eigenvalue weighted by atomic mass is 9.90. The van der Waals surface area contributed by atoms with Gasteiger partial charge in [0.25, 0.3) is 11.9 Å². The normalized spacial score (nSPS) is 18.3. The lowest BCUT2D eigenvalue weighted by Crippen LogP contribution is -2.38. The maximum absolute atomic E-state index is 14.6. The molecule has 0 saturated heterocycles. The van der Waals surface area contributed by atoms with Crippen LogP contribution >= 0.6 is 0 Å². The minimum absolute atomic E-state index is 0.0265. The summed E-state index contributed by atoms with van der Waals surface area (Å²) in [7, 11) is 0. The molecule has 7 heteroatoms. The van der Waals surface area contributed by atoms with Crippen molar-refractivity contribution in [2.24, 2.45) is 10.7 Å². The van der Waals surface area contributed by atoms with E-state index in [1.165, 1.54) is 12.1 Å². The van der Waals surface area contributed by atoms with Crippen LogP contribution in [-0.4, -0.2) is 23.5 Å². The van der Waals surface area contributed by atoms with E-state index in [2.05, 4.69) is 15.3 Å². The van der Waals surface area contributed by atoms with Gasteiger partial charge in [-0.1, -0.05) is 36.4 Å². The quantitative estimate of drug-likeness (QED) is 0.685. The van der Waals surface area contributed by atoms with Crippen LogP contribution in [-0.2, 0) is 10.3 Å². The van der Waals surface area contributed by atoms with Gasteiger partial charge >= 0.3 is 0 Å². The molecule has 1 atom stereocenters. The summed E-state index contributed by atoms with van der Waals surface area (Å²) in [5, 5.41) is 2.82. The molecule has 2 aromatic carbocycles. The Bertz CT molecular complexity index is 1120. The Morgan fingerprint density at radius 3 is 2.73 bits per heavy atom. The zero-order valence-electron chi connectivity index (χ0n) is 16.4. The predicted octanol–water partition coefficient (Wildman–Crippen LogP) is 4.09. The van der Waals surface area contributed by atoms with E-state index in [1.54, 1.807) is 25.3 Å². The molecule has 4 rings (SSSR count). The van der Waals surface area contributed by atoms with Crippen molar-refractivity contribution in [3.05, 3.63) is 83.9 Å². The number of hydrogen-bond donors (Lipinski definition) is 2. The lowest BCUT2D eigenvalue weighted by Gasteiger charge is -2.33.